The molecular formula is C28H25NO5. The molecule has 1 amide bonds. The van der Waals surface area contributed by atoms with E-state index < -0.39 is 12.1 Å². The summed E-state index contributed by atoms with van der Waals surface area (Å²) in [5.41, 5.74) is 1.20. The fourth-order valence-corrected chi connectivity index (χ4v) is 3.72. The molecule has 0 aliphatic heterocycles. The summed E-state index contributed by atoms with van der Waals surface area (Å²) in [7, 11) is 0. The number of hydrogen-bond acceptors (Lipinski definition) is 5. The van der Waals surface area contributed by atoms with Gasteiger partial charge in [0.1, 0.15) is 18.1 Å². The highest BCUT2D eigenvalue weighted by atomic mass is 16.6. The number of ether oxygens (including phenoxy) is 3. The number of hydrogen-bond donors (Lipinski definition) is 1. The first-order chi connectivity index (χ1) is 16.7. The van der Waals surface area contributed by atoms with Gasteiger partial charge in [-0.3, -0.25) is 0 Å². The van der Waals surface area contributed by atoms with Gasteiger partial charge in [-0.2, -0.15) is 0 Å². The van der Waals surface area contributed by atoms with E-state index >= 15 is 0 Å². The Balaban J connectivity index is 1.59. The maximum atomic E-state index is 12.5. The molecule has 6 nitrogen and oxygen atoms in total. The number of carbonyl (C=O) groups excluding carboxylic acids is 2. The summed E-state index contributed by atoms with van der Waals surface area (Å²) in [4.78, 5) is 23.6. The van der Waals surface area contributed by atoms with Crippen molar-refractivity contribution in [3.8, 4) is 11.5 Å². The topological polar surface area (TPSA) is 73.9 Å². The van der Waals surface area contributed by atoms with Crippen LogP contribution in [0.15, 0.2) is 91.5 Å². The smallest absolute Gasteiger partial charge is 0.412 e. The number of carbonyl (C=O) groups is 2. The van der Waals surface area contributed by atoms with Crippen LogP contribution in [0.3, 0.4) is 0 Å². The van der Waals surface area contributed by atoms with Crippen LogP contribution in [0.1, 0.15) is 5.56 Å². The third kappa shape index (κ3) is 5.35. The molecule has 0 bridgehead atoms. The van der Waals surface area contributed by atoms with Crippen LogP contribution in [0.4, 0.5) is 4.79 Å². The zero-order valence-corrected chi connectivity index (χ0v) is 18.7. The maximum Gasteiger partial charge on any atom is 0.412 e. The van der Waals surface area contributed by atoms with Crippen LogP contribution in [0.25, 0.3) is 21.5 Å². The molecule has 0 atom stereocenters. The van der Waals surface area contributed by atoms with Gasteiger partial charge in [-0.05, 0) is 5.56 Å². The van der Waals surface area contributed by atoms with Gasteiger partial charge in [-0.25, -0.2) is 9.59 Å². The lowest BCUT2D eigenvalue weighted by Crippen LogP contribution is -2.30. The summed E-state index contributed by atoms with van der Waals surface area (Å²) in [6, 6.07) is 25.5. The molecule has 0 heterocycles. The molecule has 1 N–H and O–H groups in total. The fraction of sp³-hybridized carbons (Fsp3) is 0.143. The summed E-state index contributed by atoms with van der Waals surface area (Å²) in [5, 5.41) is 5.86. The fourth-order valence-electron chi connectivity index (χ4n) is 3.72. The highest BCUT2D eigenvalue weighted by Gasteiger charge is 2.18. The second kappa shape index (κ2) is 11.0. The monoisotopic (exact) mass is 455 g/mol. The largest absolute Gasteiger partial charge is 0.492 e. The number of benzene rings is 4. The molecule has 0 spiro atoms. The van der Waals surface area contributed by atoms with Crippen LogP contribution in [0.2, 0.25) is 0 Å². The van der Waals surface area contributed by atoms with Gasteiger partial charge in [0, 0.05) is 34.0 Å². The molecule has 4 rings (SSSR count). The highest BCUT2D eigenvalue weighted by molar-refractivity contribution is 6.11. The molecule has 0 saturated carbocycles. The lowest BCUT2D eigenvalue weighted by Gasteiger charge is -2.17. The standard InChI is InChI=1S/C28H25NO5/c1-2-25(30)32-19-17-29-28(31)34-27-23-14-8-6-12-21(23)26(22-13-7-9-15-24(22)27)33-18-16-20-10-4-3-5-11-20/h2-15H,1,16-19H2,(H,29,31). The van der Waals surface area contributed by atoms with Gasteiger partial charge >= 0.3 is 12.1 Å². The predicted octanol–water partition coefficient (Wildman–Crippen LogP) is 5.43. The second-order valence-corrected chi connectivity index (χ2v) is 7.52. The molecule has 0 fully saturated rings. The summed E-state index contributed by atoms with van der Waals surface area (Å²) < 4.78 is 16.9. The van der Waals surface area contributed by atoms with Crippen molar-refractivity contribution >= 4 is 33.6 Å². The van der Waals surface area contributed by atoms with Gasteiger partial charge in [0.05, 0.1) is 13.2 Å². The molecule has 4 aromatic rings. The van der Waals surface area contributed by atoms with Gasteiger partial charge < -0.3 is 19.5 Å². The van der Waals surface area contributed by atoms with E-state index in [-0.39, 0.29) is 13.2 Å². The normalized spacial score (nSPS) is 10.6. The van der Waals surface area contributed by atoms with E-state index in [9.17, 15) is 9.59 Å². The number of rotatable bonds is 9. The molecule has 0 aromatic heterocycles. The Hall–Kier alpha value is -4.32. The quantitative estimate of drug-likeness (QED) is 0.158. The molecule has 0 saturated heterocycles. The minimum atomic E-state index is -0.636. The minimum Gasteiger partial charge on any atom is -0.492 e. The van der Waals surface area contributed by atoms with Crippen LogP contribution in [-0.2, 0) is 16.0 Å². The second-order valence-electron chi connectivity index (χ2n) is 7.52. The van der Waals surface area contributed by atoms with Gasteiger partial charge in [0.15, 0.2) is 0 Å². The molecule has 6 heteroatoms. The van der Waals surface area contributed by atoms with Crippen LogP contribution in [0, 0.1) is 0 Å². The SMILES string of the molecule is C=CC(=O)OCCNC(=O)Oc1c2ccccc2c(OCCc2ccccc2)c2ccccc12. The van der Waals surface area contributed by atoms with Crippen molar-refractivity contribution in [3.63, 3.8) is 0 Å². The summed E-state index contributed by atoms with van der Waals surface area (Å²) in [6.07, 6.45) is 1.21. The molecule has 0 aliphatic carbocycles. The average Bonchev–Trinajstić information content (AvgIpc) is 2.88. The van der Waals surface area contributed by atoms with Crippen molar-refractivity contribution in [1.29, 1.82) is 0 Å². The number of nitrogens with one attached hydrogen (secondary N) is 1. The van der Waals surface area contributed by atoms with Crippen molar-refractivity contribution in [2.24, 2.45) is 0 Å². The number of esters is 1. The predicted molar refractivity (Wildman–Crippen MR) is 132 cm³/mol. The van der Waals surface area contributed by atoms with Gasteiger partial charge in [-0.15, -0.1) is 0 Å². The highest BCUT2D eigenvalue weighted by Crippen LogP contribution is 2.42. The van der Waals surface area contributed by atoms with E-state index in [1.54, 1.807) is 0 Å². The maximum absolute atomic E-state index is 12.5. The zero-order valence-electron chi connectivity index (χ0n) is 18.7. The summed E-state index contributed by atoms with van der Waals surface area (Å²) >= 11 is 0. The third-order valence-electron chi connectivity index (χ3n) is 5.29. The number of fused-ring (bicyclic) bond motifs is 2. The Morgan fingerprint density at radius 1 is 0.765 bits per heavy atom. The zero-order chi connectivity index (χ0) is 23.8. The summed E-state index contributed by atoms with van der Waals surface area (Å²) in [5.74, 6) is 0.656. The van der Waals surface area contributed by atoms with Gasteiger partial charge in [0.25, 0.3) is 0 Å². The van der Waals surface area contributed by atoms with Crippen LogP contribution in [0.5, 0.6) is 11.5 Å². The van der Waals surface area contributed by atoms with E-state index in [1.165, 1.54) is 5.56 Å². The average molecular weight is 456 g/mol. The number of amides is 1. The van der Waals surface area contributed by atoms with Gasteiger partial charge in [-0.1, -0.05) is 85.4 Å². The van der Waals surface area contributed by atoms with Crippen molar-refractivity contribution in [2.75, 3.05) is 19.8 Å². The van der Waals surface area contributed by atoms with Crippen LogP contribution in [-0.4, -0.2) is 31.8 Å². The van der Waals surface area contributed by atoms with E-state index in [0.717, 1.165) is 39.8 Å². The van der Waals surface area contributed by atoms with Crippen molar-refractivity contribution in [1.82, 2.24) is 5.32 Å². The van der Waals surface area contributed by atoms with Crippen molar-refractivity contribution < 1.29 is 23.8 Å². The molecular weight excluding hydrogens is 430 g/mol. The van der Waals surface area contributed by atoms with E-state index in [0.29, 0.717) is 12.4 Å². The first-order valence-corrected chi connectivity index (χ1v) is 11.0. The van der Waals surface area contributed by atoms with Crippen molar-refractivity contribution in [2.45, 2.75) is 6.42 Å². The Morgan fingerprint density at radius 2 is 1.32 bits per heavy atom. The van der Waals surface area contributed by atoms with Gasteiger partial charge in [0.2, 0.25) is 0 Å². The lowest BCUT2D eigenvalue weighted by atomic mass is 10.0. The minimum absolute atomic E-state index is 0.0235. The van der Waals surface area contributed by atoms with E-state index in [1.807, 2.05) is 66.7 Å². The third-order valence-corrected chi connectivity index (χ3v) is 5.29. The molecule has 4 aromatic carbocycles. The Bertz CT molecular complexity index is 1260. The lowest BCUT2D eigenvalue weighted by molar-refractivity contribution is -0.137. The van der Waals surface area contributed by atoms with Crippen molar-refractivity contribution in [3.05, 3.63) is 97.1 Å². The molecule has 34 heavy (non-hydrogen) atoms. The summed E-state index contributed by atoms with van der Waals surface area (Å²) in [6.45, 7) is 3.99. The van der Waals surface area contributed by atoms with Crippen LogP contribution < -0.4 is 14.8 Å². The molecule has 172 valence electrons. The molecule has 0 aliphatic rings. The van der Waals surface area contributed by atoms with E-state index in [2.05, 4.69) is 24.0 Å². The first-order valence-electron chi connectivity index (χ1n) is 11.0. The molecule has 0 unspecified atom stereocenters. The first kappa shape index (κ1) is 22.9. The van der Waals surface area contributed by atoms with Crippen LogP contribution >= 0.6 is 0 Å². The molecule has 0 radical (unpaired) electrons. The Morgan fingerprint density at radius 3 is 1.91 bits per heavy atom. The Labute approximate surface area is 197 Å². The van der Waals surface area contributed by atoms with E-state index in [4.69, 9.17) is 14.2 Å². The Kier molecular flexibility index (Phi) is 7.40.